The molecular weight excluding hydrogens is 560 g/mol. The summed E-state index contributed by atoms with van der Waals surface area (Å²) in [6, 6.07) is 21.4. The molecule has 0 saturated carbocycles. The highest BCUT2D eigenvalue weighted by atomic mass is 79.9. The molecule has 9 nitrogen and oxygen atoms in total. The maximum absolute atomic E-state index is 13.3. The molecule has 2 amide bonds. The Kier molecular flexibility index (Phi) is 9.81. The Morgan fingerprint density at radius 3 is 2.35 bits per heavy atom. The fraction of sp³-hybridized carbons (Fsp3) is 0.192. The minimum absolute atomic E-state index is 0.0324. The number of nitrogens with zero attached hydrogens (tertiary/aromatic N) is 2. The van der Waals surface area contributed by atoms with Crippen molar-refractivity contribution >= 4 is 49.7 Å². The van der Waals surface area contributed by atoms with E-state index >= 15 is 0 Å². The molecule has 2 N–H and O–H groups in total. The van der Waals surface area contributed by atoms with Gasteiger partial charge in [0.1, 0.15) is 12.3 Å². The Hall–Kier alpha value is -3.70. The van der Waals surface area contributed by atoms with Crippen LogP contribution in [0.3, 0.4) is 0 Å². The Morgan fingerprint density at radius 2 is 1.70 bits per heavy atom. The third-order valence-electron chi connectivity index (χ3n) is 4.82. The van der Waals surface area contributed by atoms with Gasteiger partial charge in [0.05, 0.1) is 16.8 Å². The molecule has 0 unspecified atom stereocenters. The zero-order valence-electron chi connectivity index (χ0n) is 20.3. The zero-order chi connectivity index (χ0) is 26.8. The average Bonchev–Trinajstić information content (AvgIpc) is 2.87. The molecule has 0 fully saturated rings. The van der Waals surface area contributed by atoms with E-state index < -0.39 is 22.5 Å². The van der Waals surface area contributed by atoms with Crippen LogP contribution in [0.25, 0.3) is 0 Å². The largest absolute Gasteiger partial charge is 0.484 e. The second-order valence-corrected chi connectivity index (χ2v) is 11.0. The summed E-state index contributed by atoms with van der Waals surface area (Å²) in [5.41, 5.74) is 3.37. The van der Waals surface area contributed by atoms with E-state index in [0.29, 0.717) is 21.5 Å². The molecule has 0 aromatic heterocycles. The second-order valence-electron chi connectivity index (χ2n) is 8.18. The number of benzene rings is 3. The van der Waals surface area contributed by atoms with Crippen molar-refractivity contribution in [2.24, 2.45) is 5.10 Å². The van der Waals surface area contributed by atoms with Crippen molar-refractivity contribution in [3.8, 4) is 5.75 Å². The predicted molar refractivity (Wildman–Crippen MR) is 146 cm³/mol. The van der Waals surface area contributed by atoms with Gasteiger partial charge in [-0.05, 0) is 74.0 Å². The Morgan fingerprint density at radius 1 is 1.00 bits per heavy atom. The number of nitrogens with one attached hydrogen (secondary N) is 2. The van der Waals surface area contributed by atoms with E-state index in [4.69, 9.17) is 4.74 Å². The van der Waals surface area contributed by atoms with Gasteiger partial charge in [0.2, 0.25) is 0 Å². The minimum Gasteiger partial charge on any atom is -0.484 e. The third kappa shape index (κ3) is 8.43. The van der Waals surface area contributed by atoms with E-state index in [1.165, 1.54) is 18.3 Å². The molecule has 0 radical (unpaired) electrons. The van der Waals surface area contributed by atoms with Crippen LogP contribution in [-0.4, -0.2) is 45.6 Å². The van der Waals surface area contributed by atoms with E-state index in [1.807, 2.05) is 13.8 Å². The summed E-state index contributed by atoms with van der Waals surface area (Å²) >= 11 is 3.34. The van der Waals surface area contributed by atoms with E-state index in [2.05, 4.69) is 31.8 Å². The van der Waals surface area contributed by atoms with Gasteiger partial charge in [-0.25, -0.2) is 13.8 Å². The zero-order valence-corrected chi connectivity index (χ0v) is 22.7. The molecular formula is C26H27BrN4O5S. The molecule has 0 spiro atoms. The van der Waals surface area contributed by atoms with Crippen LogP contribution in [0.4, 0.5) is 5.69 Å². The fourth-order valence-corrected chi connectivity index (χ4v) is 4.99. The first-order valence-corrected chi connectivity index (χ1v) is 13.6. The molecule has 0 bridgehead atoms. The van der Waals surface area contributed by atoms with Crippen LogP contribution in [0.2, 0.25) is 0 Å². The van der Waals surface area contributed by atoms with Crippen LogP contribution >= 0.6 is 15.9 Å². The summed E-state index contributed by atoms with van der Waals surface area (Å²) in [4.78, 5) is 24.4. The topological polar surface area (TPSA) is 117 Å². The monoisotopic (exact) mass is 586 g/mol. The second kappa shape index (κ2) is 13.0. The molecule has 3 rings (SSSR count). The summed E-state index contributed by atoms with van der Waals surface area (Å²) in [5.74, 6) is -0.322. The van der Waals surface area contributed by atoms with Crippen molar-refractivity contribution in [1.82, 2.24) is 10.7 Å². The number of anilines is 1. The van der Waals surface area contributed by atoms with Gasteiger partial charge >= 0.3 is 0 Å². The summed E-state index contributed by atoms with van der Waals surface area (Å²) in [6.45, 7) is 3.16. The lowest BCUT2D eigenvalue weighted by atomic mass is 10.2. The van der Waals surface area contributed by atoms with Gasteiger partial charge < -0.3 is 10.1 Å². The molecule has 0 heterocycles. The van der Waals surface area contributed by atoms with Crippen molar-refractivity contribution in [1.29, 1.82) is 0 Å². The van der Waals surface area contributed by atoms with Gasteiger partial charge in [-0.15, -0.1) is 0 Å². The van der Waals surface area contributed by atoms with Gasteiger partial charge in [-0.1, -0.05) is 40.2 Å². The molecule has 0 aliphatic heterocycles. The molecule has 0 atom stereocenters. The summed E-state index contributed by atoms with van der Waals surface area (Å²) in [7, 11) is -4.01. The predicted octanol–water partition coefficient (Wildman–Crippen LogP) is 3.70. The minimum atomic E-state index is -4.01. The van der Waals surface area contributed by atoms with Gasteiger partial charge in [0.15, 0.2) is 6.61 Å². The SMILES string of the molecule is CC(C)NC(=O)COc1ccc(/C=N\NC(=O)CN(c2cccc(Br)c2)S(=O)(=O)c2ccccc2)cc1. The number of hydrogen-bond acceptors (Lipinski definition) is 6. The van der Waals surface area contributed by atoms with E-state index in [9.17, 15) is 18.0 Å². The number of amides is 2. The number of halogens is 1. The highest BCUT2D eigenvalue weighted by molar-refractivity contribution is 9.10. The Labute approximate surface area is 224 Å². The lowest BCUT2D eigenvalue weighted by Gasteiger charge is -2.23. The summed E-state index contributed by atoms with van der Waals surface area (Å²) in [5, 5.41) is 6.68. The van der Waals surface area contributed by atoms with E-state index in [1.54, 1.807) is 66.7 Å². The fourth-order valence-electron chi connectivity index (χ4n) is 3.17. The maximum Gasteiger partial charge on any atom is 0.264 e. The van der Waals surface area contributed by atoms with Gasteiger partial charge in [-0.2, -0.15) is 5.10 Å². The van der Waals surface area contributed by atoms with E-state index in [0.717, 1.165) is 4.31 Å². The van der Waals surface area contributed by atoms with Crippen molar-refractivity contribution in [3.63, 3.8) is 0 Å². The summed E-state index contributed by atoms with van der Waals surface area (Å²) in [6.07, 6.45) is 1.42. The van der Waals surface area contributed by atoms with Crippen molar-refractivity contribution in [3.05, 3.63) is 88.9 Å². The number of hydrazone groups is 1. The molecule has 0 aliphatic rings. The number of carbonyl (C=O) groups excluding carboxylic acids is 2. The first-order valence-electron chi connectivity index (χ1n) is 11.3. The average molecular weight is 587 g/mol. The molecule has 3 aromatic carbocycles. The van der Waals surface area contributed by atoms with Gasteiger partial charge in [-0.3, -0.25) is 13.9 Å². The van der Waals surface area contributed by atoms with E-state index in [-0.39, 0.29) is 23.5 Å². The van der Waals surface area contributed by atoms with Crippen molar-refractivity contribution in [2.75, 3.05) is 17.5 Å². The number of sulfonamides is 1. The van der Waals surface area contributed by atoms with Crippen molar-refractivity contribution in [2.45, 2.75) is 24.8 Å². The number of ether oxygens (including phenoxy) is 1. The van der Waals surface area contributed by atoms with Crippen LogP contribution in [0.5, 0.6) is 5.75 Å². The number of carbonyl (C=O) groups is 2. The molecule has 3 aromatic rings. The quantitative estimate of drug-likeness (QED) is 0.262. The lowest BCUT2D eigenvalue weighted by molar-refractivity contribution is -0.123. The Bertz CT molecular complexity index is 1350. The molecule has 0 aliphatic carbocycles. The first kappa shape index (κ1) is 27.9. The van der Waals surface area contributed by atoms with Crippen LogP contribution < -0.4 is 19.8 Å². The smallest absolute Gasteiger partial charge is 0.264 e. The molecule has 37 heavy (non-hydrogen) atoms. The van der Waals surface area contributed by atoms with Crippen molar-refractivity contribution < 1.29 is 22.7 Å². The standard InChI is InChI=1S/C26H27BrN4O5S/c1-19(2)29-26(33)18-36-23-13-11-20(12-14-23)16-28-30-25(32)17-31(22-8-6-7-21(27)15-22)37(34,35)24-9-4-3-5-10-24/h3-16,19H,17-18H2,1-2H3,(H,29,33)(H,30,32)/b28-16-. The Balaban J connectivity index is 1.64. The van der Waals surface area contributed by atoms with Crippen LogP contribution in [0, 0.1) is 0 Å². The number of hydrogen-bond donors (Lipinski definition) is 2. The first-order chi connectivity index (χ1) is 17.6. The highest BCUT2D eigenvalue weighted by Gasteiger charge is 2.27. The highest BCUT2D eigenvalue weighted by Crippen LogP contribution is 2.26. The summed E-state index contributed by atoms with van der Waals surface area (Å²) < 4.78 is 33.8. The maximum atomic E-state index is 13.3. The molecule has 11 heteroatoms. The van der Waals surface area contributed by atoms with Crippen LogP contribution in [-0.2, 0) is 19.6 Å². The molecule has 0 saturated heterocycles. The van der Waals surface area contributed by atoms with Gasteiger partial charge in [0.25, 0.3) is 21.8 Å². The normalized spacial score (nSPS) is 11.4. The van der Waals surface area contributed by atoms with Crippen LogP contribution in [0.15, 0.2) is 93.3 Å². The third-order valence-corrected chi connectivity index (χ3v) is 7.10. The lowest BCUT2D eigenvalue weighted by Crippen LogP contribution is -2.39. The molecule has 194 valence electrons. The number of rotatable bonds is 11. The van der Waals surface area contributed by atoms with Gasteiger partial charge in [0, 0.05) is 10.5 Å². The van der Waals surface area contributed by atoms with Crippen LogP contribution in [0.1, 0.15) is 19.4 Å².